The average molecular weight is 423 g/mol. The second kappa shape index (κ2) is 8.99. The lowest BCUT2D eigenvalue weighted by Gasteiger charge is -2.32. The summed E-state index contributed by atoms with van der Waals surface area (Å²) in [7, 11) is 2.17. The summed E-state index contributed by atoms with van der Waals surface area (Å²) in [6.07, 6.45) is 1.23. The van der Waals surface area contributed by atoms with Crippen LogP contribution in [0.1, 0.15) is 22.5 Å². The first-order valence-electron chi connectivity index (χ1n) is 10.7. The number of nitrogen functional groups attached to an aromatic ring is 1. The molecule has 0 atom stereocenters. The van der Waals surface area contributed by atoms with Crippen molar-refractivity contribution in [3.05, 3.63) is 46.8 Å². The van der Waals surface area contributed by atoms with Crippen LogP contribution in [0.2, 0.25) is 0 Å². The van der Waals surface area contributed by atoms with Gasteiger partial charge in [-0.3, -0.25) is 4.79 Å². The highest BCUT2D eigenvalue weighted by Gasteiger charge is 2.16. The molecule has 1 aliphatic heterocycles. The first-order valence-corrected chi connectivity index (χ1v) is 10.7. The van der Waals surface area contributed by atoms with E-state index in [1.165, 1.54) is 5.56 Å². The third-order valence-electron chi connectivity index (χ3n) is 5.95. The number of amides is 1. The van der Waals surface area contributed by atoms with Gasteiger partial charge in [0.2, 0.25) is 11.9 Å². The smallest absolute Gasteiger partial charge is 0.254 e. The molecule has 1 fully saturated rings. The summed E-state index contributed by atoms with van der Waals surface area (Å²) in [5.74, 6) is 0.527. The number of fused-ring (bicyclic) bond motifs is 1. The number of hydrogen-bond donors (Lipinski definition) is 2. The van der Waals surface area contributed by atoms with Crippen LogP contribution >= 0.6 is 0 Å². The molecule has 0 radical (unpaired) electrons. The van der Waals surface area contributed by atoms with Crippen LogP contribution in [0.3, 0.4) is 0 Å². The SMILES string of the molecule is Cc1nc2nc(N)nn2c(C)c1CC(=O)Nc1ccc(CCN2CCN(C)CC2)cc1. The van der Waals surface area contributed by atoms with E-state index in [1.807, 2.05) is 26.0 Å². The van der Waals surface area contributed by atoms with Crippen LogP contribution < -0.4 is 11.1 Å². The molecule has 4 rings (SSSR count). The van der Waals surface area contributed by atoms with Crippen molar-refractivity contribution in [3.63, 3.8) is 0 Å². The zero-order valence-electron chi connectivity index (χ0n) is 18.4. The molecule has 9 heteroatoms. The molecule has 9 nitrogen and oxygen atoms in total. The van der Waals surface area contributed by atoms with Crippen molar-refractivity contribution in [2.45, 2.75) is 26.7 Å². The van der Waals surface area contributed by atoms with Crippen molar-refractivity contribution < 1.29 is 4.79 Å². The van der Waals surface area contributed by atoms with E-state index in [0.29, 0.717) is 5.78 Å². The molecule has 1 saturated heterocycles. The molecule has 1 amide bonds. The quantitative estimate of drug-likeness (QED) is 0.617. The van der Waals surface area contributed by atoms with Gasteiger partial charge >= 0.3 is 0 Å². The molecule has 0 unspecified atom stereocenters. The van der Waals surface area contributed by atoms with Crippen molar-refractivity contribution in [3.8, 4) is 0 Å². The molecule has 2 aromatic heterocycles. The number of aryl methyl sites for hydroxylation is 2. The van der Waals surface area contributed by atoms with Crippen molar-refractivity contribution in [2.75, 3.05) is 50.8 Å². The van der Waals surface area contributed by atoms with E-state index < -0.39 is 0 Å². The van der Waals surface area contributed by atoms with E-state index in [0.717, 1.165) is 61.8 Å². The highest BCUT2D eigenvalue weighted by atomic mass is 16.1. The first-order chi connectivity index (χ1) is 14.9. The number of hydrogen-bond acceptors (Lipinski definition) is 7. The average Bonchev–Trinajstić information content (AvgIpc) is 3.12. The number of nitrogens with two attached hydrogens (primary N) is 1. The molecule has 3 N–H and O–H groups in total. The number of likely N-dealkylation sites (N-methyl/N-ethyl adjacent to an activating group) is 1. The van der Waals surface area contributed by atoms with E-state index >= 15 is 0 Å². The zero-order valence-corrected chi connectivity index (χ0v) is 18.4. The Morgan fingerprint density at radius 2 is 1.81 bits per heavy atom. The van der Waals surface area contributed by atoms with Gasteiger partial charge in [-0.15, -0.1) is 5.10 Å². The number of benzene rings is 1. The fraction of sp³-hybridized carbons (Fsp3) is 0.455. The minimum Gasteiger partial charge on any atom is -0.366 e. The monoisotopic (exact) mass is 422 g/mol. The van der Waals surface area contributed by atoms with Gasteiger partial charge in [-0.25, -0.2) is 4.98 Å². The van der Waals surface area contributed by atoms with E-state index in [9.17, 15) is 4.79 Å². The summed E-state index contributed by atoms with van der Waals surface area (Å²) in [5, 5.41) is 7.14. The molecule has 3 aromatic rings. The summed E-state index contributed by atoms with van der Waals surface area (Å²) >= 11 is 0. The number of anilines is 2. The Labute approximate surface area is 182 Å². The lowest BCUT2D eigenvalue weighted by molar-refractivity contribution is -0.115. The van der Waals surface area contributed by atoms with Gasteiger partial charge in [0.1, 0.15) is 0 Å². The maximum Gasteiger partial charge on any atom is 0.254 e. The number of aromatic nitrogens is 4. The van der Waals surface area contributed by atoms with Crippen LogP contribution in [0, 0.1) is 13.8 Å². The van der Waals surface area contributed by atoms with Crippen molar-refractivity contribution in [1.29, 1.82) is 0 Å². The standard InChI is InChI=1S/C22H30N8O/c1-15-19(16(2)30-22(24-15)26-21(23)27-30)14-20(31)25-18-6-4-17(5-7-18)8-9-29-12-10-28(3)11-13-29/h4-7H,8-14H2,1-3H3,(H2,23,27)(H,25,31). The van der Waals surface area contributed by atoms with E-state index in [2.05, 4.69) is 49.4 Å². The second-order valence-electron chi connectivity index (χ2n) is 8.26. The number of piperazine rings is 1. The number of carbonyl (C=O) groups excluding carboxylic acids is 1. The Hall–Kier alpha value is -3.04. The van der Waals surface area contributed by atoms with Gasteiger partial charge in [0.25, 0.3) is 5.78 Å². The van der Waals surface area contributed by atoms with Crippen molar-refractivity contribution in [1.82, 2.24) is 29.4 Å². The fourth-order valence-electron chi connectivity index (χ4n) is 3.96. The molecular formula is C22H30N8O. The number of rotatable bonds is 6. The van der Waals surface area contributed by atoms with Crippen LogP contribution in [0.5, 0.6) is 0 Å². The lowest BCUT2D eigenvalue weighted by Crippen LogP contribution is -2.45. The molecule has 0 spiro atoms. The molecule has 1 aromatic carbocycles. The predicted octanol–water partition coefficient (Wildman–Crippen LogP) is 1.29. The number of nitrogens with one attached hydrogen (secondary N) is 1. The lowest BCUT2D eigenvalue weighted by atomic mass is 10.1. The van der Waals surface area contributed by atoms with E-state index in [-0.39, 0.29) is 18.3 Å². The molecule has 1 aliphatic rings. The molecule has 0 aliphatic carbocycles. The Morgan fingerprint density at radius 3 is 2.52 bits per heavy atom. The van der Waals surface area contributed by atoms with Gasteiger partial charge in [0.15, 0.2) is 0 Å². The minimum absolute atomic E-state index is 0.0920. The van der Waals surface area contributed by atoms with Gasteiger partial charge in [0.05, 0.1) is 6.42 Å². The van der Waals surface area contributed by atoms with Crippen LogP contribution in [-0.4, -0.2) is 75.1 Å². The number of nitrogens with zero attached hydrogens (tertiary/aromatic N) is 6. The minimum atomic E-state index is -0.0920. The van der Waals surface area contributed by atoms with Crippen LogP contribution in [0.15, 0.2) is 24.3 Å². The van der Waals surface area contributed by atoms with Crippen molar-refractivity contribution >= 4 is 23.3 Å². The fourth-order valence-corrected chi connectivity index (χ4v) is 3.96. The van der Waals surface area contributed by atoms with Gasteiger partial charge in [0, 0.05) is 55.4 Å². The maximum atomic E-state index is 12.7. The van der Waals surface area contributed by atoms with Crippen LogP contribution in [0.4, 0.5) is 11.6 Å². The summed E-state index contributed by atoms with van der Waals surface area (Å²) < 4.78 is 1.58. The highest BCUT2D eigenvalue weighted by molar-refractivity contribution is 5.92. The zero-order chi connectivity index (χ0) is 22.0. The molecule has 0 saturated carbocycles. The normalized spacial score (nSPS) is 15.5. The van der Waals surface area contributed by atoms with Gasteiger partial charge in [-0.05, 0) is 45.0 Å². The molecule has 3 heterocycles. The first kappa shape index (κ1) is 21.2. The van der Waals surface area contributed by atoms with Gasteiger partial charge in [-0.1, -0.05) is 12.1 Å². The molecular weight excluding hydrogens is 392 g/mol. The Morgan fingerprint density at radius 1 is 1.10 bits per heavy atom. The summed E-state index contributed by atoms with van der Waals surface area (Å²) in [6.45, 7) is 9.37. The predicted molar refractivity (Wildman–Crippen MR) is 121 cm³/mol. The highest BCUT2D eigenvalue weighted by Crippen LogP contribution is 2.17. The summed E-state index contributed by atoms with van der Waals surface area (Å²) in [5.41, 5.74) is 10.2. The molecule has 31 heavy (non-hydrogen) atoms. The third kappa shape index (κ3) is 5.00. The second-order valence-corrected chi connectivity index (χ2v) is 8.26. The molecule has 164 valence electrons. The van der Waals surface area contributed by atoms with Gasteiger partial charge < -0.3 is 20.9 Å². The summed E-state index contributed by atoms with van der Waals surface area (Å²) in [6, 6.07) is 8.12. The molecule has 0 bridgehead atoms. The number of carbonyl (C=O) groups is 1. The summed E-state index contributed by atoms with van der Waals surface area (Å²) in [4.78, 5) is 26.0. The maximum absolute atomic E-state index is 12.7. The third-order valence-corrected chi connectivity index (χ3v) is 5.95. The van der Waals surface area contributed by atoms with Gasteiger partial charge in [-0.2, -0.15) is 9.50 Å². The van der Waals surface area contributed by atoms with E-state index in [4.69, 9.17) is 5.73 Å². The topological polar surface area (TPSA) is 105 Å². The largest absolute Gasteiger partial charge is 0.366 e. The van der Waals surface area contributed by atoms with Crippen molar-refractivity contribution in [2.24, 2.45) is 0 Å². The Bertz CT molecular complexity index is 1070. The van der Waals surface area contributed by atoms with E-state index in [1.54, 1.807) is 4.52 Å². The Kier molecular flexibility index (Phi) is 6.15. The van der Waals surface area contributed by atoms with Crippen LogP contribution in [0.25, 0.3) is 5.78 Å². The van der Waals surface area contributed by atoms with Crippen LogP contribution in [-0.2, 0) is 17.6 Å². The Balaban J connectivity index is 1.34.